The van der Waals surface area contributed by atoms with Crippen molar-refractivity contribution < 1.29 is 42.7 Å². The van der Waals surface area contributed by atoms with Crippen LogP contribution in [0.4, 0.5) is 0 Å². The van der Waals surface area contributed by atoms with Gasteiger partial charge < -0.3 is 25.2 Å². The van der Waals surface area contributed by atoms with Crippen molar-refractivity contribution in [1.29, 1.82) is 0 Å². The van der Waals surface area contributed by atoms with Gasteiger partial charge in [-0.15, -0.1) is 0 Å². The minimum atomic E-state index is -4.63. The first-order valence-corrected chi connectivity index (χ1v) is 28.1. The number of ether oxygens (including phenoxy) is 2. The van der Waals surface area contributed by atoms with Gasteiger partial charge in [0, 0.05) is 13.0 Å². The van der Waals surface area contributed by atoms with Crippen molar-refractivity contribution in [1.82, 2.24) is 0 Å². The van der Waals surface area contributed by atoms with Gasteiger partial charge in [-0.05, 0) is 89.9 Å². The van der Waals surface area contributed by atoms with Crippen LogP contribution >= 0.6 is 7.82 Å². The zero-order chi connectivity index (χ0) is 49.0. The van der Waals surface area contributed by atoms with Gasteiger partial charge in [-0.25, -0.2) is 4.57 Å². The average Bonchev–Trinajstić information content (AvgIpc) is 3.31. The van der Waals surface area contributed by atoms with Crippen molar-refractivity contribution in [2.75, 3.05) is 26.4 Å². The third-order valence-electron chi connectivity index (χ3n) is 11.2. The number of aliphatic carboxylic acids is 1. The largest absolute Gasteiger partial charge is 0.480 e. The quantitative estimate of drug-likeness (QED) is 0.0232. The number of hydrogen-bond donors (Lipinski definition) is 3. The number of rotatable bonds is 50. The minimum Gasteiger partial charge on any atom is -0.480 e. The maximum absolute atomic E-state index is 12.7. The molecule has 67 heavy (non-hydrogen) atoms. The van der Waals surface area contributed by atoms with Gasteiger partial charge in [0.1, 0.15) is 12.1 Å². The number of carboxylic acid groups (broad SMARTS) is 1. The molecule has 0 aromatic rings. The number of carboxylic acids is 1. The van der Waals surface area contributed by atoms with Crippen LogP contribution in [0.5, 0.6) is 0 Å². The predicted molar refractivity (Wildman–Crippen MR) is 281 cm³/mol. The molecule has 0 aliphatic heterocycles. The van der Waals surface area contributed by atoms with Gasteiger partial charge in [0.05, 0.1) is 19.8 Å². The van der Waals surface area contributed by atoms with Crippen molar-refractivity contribution in [3.05, 3.63) is 85.1 Å². The van der Waals surface area contributed by atoms with E-state index in [-0.39, 0.29) is 13.0 Å². The Hall–Kier alpha value is -2.85. The summed E-state index contributed by atoms with van der Waals surface area (Å²) in [6.45, 7) is 3.74. The summed E-state index contributed by atoms with van der Waals surface area (Å²) in [5, 5.41) is 8.94. The van der Waals surface area contributed by atoms with E-state index < -0.39 is 45.1 Å². The molecule has 0 saturated carbocycles. The van der Waals surface area contributed by atoms with E-state index in [9.17, 15) is 19.0 Å². The zero-order valence-corrected chi connectivity index (χ0v) is 43.4. The molecule has 4 N–H and O–H groups in total. The van der Waals surface area contributed by atoms with E-state index >= 15 is 0 Å². The molecule has 0 aromatic heterocycles. The molecule has 0 rings (SSSR count). The summed E-state index contributed by atoms with van der Waals surface area (Å²) in [6.07, 6.45) is 66.4. The molecule has 0 saturated heterocycles. The lowest BCUT2D eigenvalue weighted by atomic mass is 10.1. The van der Waals surface area contributed by atoms with Gasteiger partial charge in [0.2, 0.25) is 0 Å². The molecule has 0 fully saturated rings. The Morgan fingerprint density at radius 2 is 0.866 bits per heavy atom. The highest BCUT2D eigenvalue weighted by atomic mass is 31.2. The molecule has 0 aliphatic rings. The van der Waals surface area contributed by atoms with Crippen LogP contribution in [-0.4, -0.2) is 60.5 Å². The molecule has 0 amide bonds. The topological polar surface area (TPSA) is 155 Å². The van der Waals surface area contributed by atoms with E-state index in [1.165, 1.54) is 103 Å². The first kappa shape index (κ1) is 64.2. The maximum Gasteiger partial charge on any atom is 0.472 e. The van der Waals surface area contributed by atoms with Crippen molar-refractivity contribution >= 4 is 19.8 Å². The summed E-state index contributed by atoms with van der Waals surface area (Å²) in [5.74, 6) is -1.79. The number of nitrogens with two attached hydrogens (primary N) is 1. The highest BCUT2D eigenvalue weighted by molar-refractivity contribution is 7.47. The van der Waals surface area contributed by atoms with Crippen LogP contribution in [-0.2, 0) is 32.7 Å². The average molecular weight is 960 g/mol. The van der Waals surface area contributed by atoms with E-state index in [1.54, 1.807) is 0 Å². The van der Waals surface area contributed by atoms with Crippen LogP contribution in [0.25, 0.3) is 0 Å². The Kier molecular flexibility index (Phi) is 48.8. The highest BCUT2D eigenvalue weighted by Crippen LogP contribution is 2.43. The summed E-state index contributed by atoms with van der Waals surface area (Å²) in [4.78, 5) is 33.7. The van der Waals surface area contributed by atoms with Crippen molar-refractivity contribution in [2.24, 2.45) is 5.73 Å². The van der Waals surface area contributed by atoms with Gasteiger partial charge in [-0.3, -0.25) is 18.6 Å². The van der Waals surface area contributed by atoms with Crippen LogP contribution in [0.3, 0.4) is 0 Å². The molecule has 0 heterocycles. The fraction of sp³-hybridized carbons (Fsp3) is 0.714. The summed E-state index contributed by atoms with van der Waals surface area (Å²) in [5.41, 5.74) is 5.38. The molecule has 0 bridgehead atoms. The van der Waals surface area contributed by atoms with Crippen LogP contribution in [0.2, 0.25) is 0 Å². The molecule has 11 heteroatoms. The minimum absolute atomic E-state index is 0.00517. The zero-order valence-electron chi connectivity index (χ0n) is 42.5. The lowest BCUT2D eigenvalue weighted by Crippen LogP contribution is -2.34. The van der Waals surface area contributed by atoms with Crippen LogP contribution < -0.4 is 5.73 Å². The molecule has 3 atom stereocenters. The number of unbranched alkanes of at least 4 members (excludes halogenated alkanes) is 22. The Morgan fingerprint density at radius 1 is 0.493 bits per heavy atom. The van der Waals surface area contributed by atoms with Crippen LogP contribution in [0.1, 0.15) is 219 Å². The Bertz CT molecular complexity index is 1390. The number of phosphoric ester groups is 1. The number of allylic oxidation sites excluding steroid dienone is 14. The monoisotopic (exact) mass is 960 g/mol. The van der Waals surface area contributed by atoms with E-state index in [0.29, 0.717) is 13.0 Å². The van der Waals surface area contributed by atoms with Crippen molar-refractivity contribution in [3.63, 3.8) is 0 Å². The smallest absolute Gasteiger partial charge is 0.472 e. The van der Waals surface area contributed by atoms with Crippen molar-refractivity contribution in [3.8, 4) is 0 Å². The summed E-state index contributed by atoms with van der Waals surface area (Å²) in [7, 11) is -4.63. The number of phosphoric acid groups is 1. The number of esters is 1. The standard InChI is InChI=1S/C56H98NO9P/c1-3-5-7-9-11-13-15-17-19-21-23-25-26-27-29-31-33-35-37-39-41-43-45-47-49-63-50-53(51-64-67(61,62)65-52-54(57)56(59)60)66-55(58)48-46-44-42-40-38-36-34-32-30-28-24-22-20-18-16-14-12-10-8-6-4-2/h5,7,11,13,16-19,22-25,27,29,53-54H,3-4,6,8-10,12,14-15,20-21,26,28,30-52,57H2,1-2H3,(H,59,60)(H,61,62)/b7-5-,13-11-,18-16-,19-17-,24-22-,25-23-,29-27-. The number of carbonyl (C=O) groups is 2. The molecular formula is C56H98NO9P. The summed E-state index contributed by atoms with van der Waals surface area (Å²) < 4.78 is 33.5. The fourth-order valence-electron chi connectivity index (χ4n) is 7.07. The third kappa shape index (κ3) is 50.8. The van der Waals surface area contributed by atoms with Crippen LogP contribution in [0.15, 0.2) is 85.1 Å². The molecule has 386 valence electrons. The third-order valence-corrected chi connectivity index (χ3v) is 12.1. The second-order valence-corrected chi connectivity index (χ2v) is 19.1. The van der Waals surface area contributed by atoms with Crippen LogP contribution in [0, 0.1) is 0 Å². The van der Waals surface area contributed by atoms with E-state index in [2.05, 4.69) is 98.9 Å². The molecule has 0 radical (unpaired) electrons. The molecule has 10 nitrogen and oxygen atoms in total. The van der Waals surface area contributed by atoms with E-state index in [1.807, 2.05) is 0 Å². The van der Waals surface area contributed by atoms with Gasteiger partial charge in [-0.1, -0.05) is 208 Å². The summed E-state index contributed by atoms with van der Waals surface area (Å²) >= 11 is 0. The normalized spacial score (nSPS) is 14.3. The number of carbonyl (C=O) groups excluding carboxylic acids is 1. The lowest BCUT2D eigenvalue weighted by molar-refractivity contribution is -0.154. The van der Waals surface area contributed by atoms with E-state index in [0.717, 1.165) is 89.9 Å². The Balaban J connectivity index is 4.17. The predicted octanol–water partition coefficient (Wildman–Crippen LogP) is 15.9. The first-order chi connectivity index (χ1) is 32.7. The summed E-state index contributed by atoms with van der Waals surface area (Å²) in [6, 6.07) is -1.48. The van der Waals surface area contributed by atoms with Gasteiger partial charge in [0.25, 0.3) is 0 Å². The van der Waals surface area contributed by atoms with Crippen molar-refractivity contribution in [2.45, 2.75) is 231 Å². The fourth-order valence-corrected chi connectivity index (χ4v) is 7.85. The molecule has 0 spiro atoms. The highest BCUT2D eigenvalue weighted by Gasteiger charge is 2.27. The van der Waals surface area contributed by atoms with Gasteiger partial charge >= 0.3 is 19.8 Å². The molecule has 0 aromatic carbocycles. The molecule has 0 aliphatic carbocycles. The number of hydrogen-bond acceptors (Lipinski definition) is 8. The Morgan fingerprint density at radius 3 is 1.30 bits per heavy atom. The molecule has 3 unspecified atom stereocenters. The SMILES string of the molecule is CC/C=C\C/C=C\C/C=C\C/C=C\C/C=C\CCCCCCCCCCOCC(COP(=O)(O)OCC(N)C(=O)O)OC(=O)CCCCCCCCCCC/C=C\C/C=C\CCCCCCC. The Labute approximate surface area is 409 Å². The molecular weight excluding hydrogens is 862 g/mol. The van der Waals surface area contributed by atoms with E-state index in [4.69, 9.17) is 29.4 Å². The second kappa shape index (κ2) is 51.0. The lowest BCUT2D eigenvalue weighted by Gasteiger charge is -2.20. The second-order valence-electron chi connectivity index (χ2n) is 17.6. The maximum atomic E-state index is 12.7. The first-order valence-electron chi connectivity index (χ1n) is 26.6. The van der Waals surface area contributed by atoms with Gasteiger partial charge in [0.15, 0.2) is 0 Å². The van der Waals surface area contributed by atoms with Gasteiger partial charge in [-0.2, -0.15) is 0 Å².